The molecule has 1 saturated carbocycles. The van der Waals surface area contributed by atoms with E-state index in [1.54, 1.807) is 52.0 Å². The molecule has 2 heterocycles. The highest BCUT2D eigenvalue weighted by molar-refractivity contribution is 7.95. The van der Waals surface area contributed by atoms with Crippen LogP contribution in [0.1, 0.15) is 31.9 Å². The van der Waals surface area contributed by atoms with E-state index < -0.39 is 94.3 Å². The van der Waals surface area contributed by atoms with Gasteiger partial charge in [0.25, 0.3) is 0 Å². The molecule has 1 aromatic rings. The van der Waals surface area contributed by atoms with Crippen LogP contribution in [0.4, 0.5) is 0 Å². The molecule has 0 aromatic heterocycles. The van der Waals surface area contributed by atoms with Crippen LogP contribution in [0.5, 0.6) is 5.75 Å². The number of aryl methyl sites for hydroxylation is 1. The molecule has 242 valence electrons. The van der Waals surface area contributed by atoms with Crippen molar-refractivity contribution in [2.45, 2.75) is 82.8 Å². The number of amides is 1. The summed E-state index contributed by atoms with van der Waals surface area (Å²) in [6.07, 6.45) is -6.02. The Morgan fingerprint density at radius 1 is 1.23 bits per heavy atom. The fourth-order valence-electron chi connectivity index (χ4n) is 5.43. The van der Waals surface area contributed by atoms with Gasteiger partial charge in [-0.3, -0.25) is 9.59 Å². The molecule has 3 fully saturated rings. The Labute approximate surface area is 276 Å². The summed E-state index contributed by atoms with van der Waals surface area (Å²) < 4.78 is 80.1. The number of carbonyl (C=O) groups is 2. The minimum absolute atomic E-state index is 0.0110. The molecular weight excluding hydrogens is 612 g/mol. The lowest BCUT2D eigenvalue weighted by Crippen LogP contribution is -2.67. The number of Topliss-reactive ketones (excluding diaryl/α,β-unsaturated/α-hetero) is 1. The molecule has 1 unspecified atom stereocenters. The second-order valence-corrected chi connectivity index (χ2v) is 12.8. The van der Waals surface area contributed by atoms with Crippen LogP contribution < -0.4 is 10.1 Å². The molecule has 0 radical (unpaired) electrons. The summed E-state index contributed by atoms with van der Waals surface area (Å²) in [6, 6.07) is 4.17. The smallest absolute Gasteiger partial charge is 0.247 e. The van der Waals surface area contributed by atoms with Gasteiger partial charge in [0.05, 0.1) is 11.5 Å². The zero-order valence-corrected chi connectivity index (χ0v) is 26.5. The molecule has 4 rings (SSSR count). The second kappa shape index (κ2) is 15.3. The molecule has 12 nitrogen and oxygen atoms in total. The van der Waals surface area contributed by atoms with Crippen LogP contribution in [0, 0.1) is 12.3 Å². The third-order valence-electron chi connectivity index (χ3n) is 7.84. The van der Waals surface area contributed by atoms with E-state index in [1.165, 1.54) is 0 Å². The van der Waals surface area contributed by atoms with E-state index in [9.17, 15) is 14.7 Å². The number of aliphatic hydroxyl groups is 3. The van der Waals surface area contributed by atoms with Gasteiger partial charge in [-0.1, -0.05) is 19.9 Å². The lowest BCUT2D eigenvalue weighted by Gasteiger charge is -2.43. The SMILES string of the molecule is [2H]B([3H])CSO[C@@H]1C(NC(=O)/C(C)=C/c2ccc(O[C@@H]3O[C@H](C(=O)CO)[C@@H](OSCB([2H])[3H])C3(C)C)c(C)c2)[C@H](O[3H])[C@@H](O[3H])[C@H]2OCO[C@H]21. The third-order valence-corrected chi connectivity index (χ3v) is 8.82. The quantitative estimate of drug-likeness (QED) is 0.0942. The first-order valence-corrected chi connectivity index (χ1v) is 15.8. The Morgan fingerprint density at radius 3 is 2.64 bits per heavy atom. The zero-order chi connectivity index (χ0) is 36.7. The van der Waals surface area contributed by atoms with Gasteiger partial charge in [0, 0.05) is 5.57 Å². The summed E-state index contributed by atoms with van der Waals surface area (Å²) in [4.78, 5) is 26.0. The topological polar surface area (TPSA) is 162 Å². The lowest BCUT2D eigenvalue weighted by molar-refractivity contribution is -0.147. The number of fused-ring (bicyclic) bond motifs is 1. The number of nitrogens with one attached hydrogen (secondary N) is 1. The summed E-state index contributed by atoms with van der Waals surface area (Å²) in [5.74, 6) is -0.670. The minimum Gasteiger partial charge on any atom is -0.464 e. The number of hydrogen-bond acceptors (Lipinski definition) is 13. The van der Waals surface area contributed by atoms with Crippen molar-refractivity contribution in [3.63, 3.8) is 0 Å². The first kappa shape index (κ1) is 27.5. The normalized spacial score (nSPS) is 34.8. The summed E-state index contributed by atoms with van der Waals surface area (Å²) in [5, 5.41) is 22.1. The number of carbonyl (C=O) groups excluding carboxylic acids is 2. The van der Waals surface area contributed by atoms with Gasteiger partial charge in [0.15, 0.2) is 11.9 Å². The maximum absolute atomic E-state index is 13.5. The molecule has 2 aliphatic heterocycles. The van der Waals surface area contributed by atoms with Gasteiger partial charge in [-0.25, -0.2) is 0 Å². The Morgan fingerprint density at radius 2 is 1.95 bits per heavy atom. The molecule has 16 heteroatoms. The molecule has 0 spiro atoms. The average Bonchev–Trinajstić information content (AvgIpc) is 3.64. The van der Waals surface area contributed by atoms with Gasteiger partial charge >= 0.3 is 0 Å². The fourth-order valence-corrected chi connectivity index (χ4v) is 6.46. The van der Waals surface area contributed by atoms with E-state index in [2.05, 4.69) is 5.32 Å². The van der Waals surface area contributed by atoms with Gasteiger partial charge < -0.3 is 48.0 Å². The molecule has 1 aliphatic carbocycles. The van der Waals surface area contributed by atoms with Gasteiger partial charge in [-0.05, 0) is 83.9 Å². The van der Waals surface area contributed by atoms with E-state index >= 15 is 0 Å². The standard InChI is InChI=1S/C28H41B2NO11S2/c1-13-7-15(5-6-17(13)39-27-28(3,4)25(42-44-11-30)21(40-27)16(33)9-32)8-14(2)26(36)31-18-19(34)20(35)23-24(38-12-37-23)22(18)41-43-10-29/h5-8,18-25,27,32,34-35H,9-12,29-30H2,1-4H3,(H,31,36)/b14-8+/t18?,19-,20+,21+,22+,23+,24-,25+,27+/m0/s1/i29TD,30TD,34T,35T. The summed E-state index contributed by atoms with van der Waals surface area (Å²) in [5.41, 5.74) is 0.815. The molecule has 3 aliphatic rings. The number of ketones is 1. The van der Waals surface area contributed by atoms with Crippen LogP contribution >= 0.6 is 24.1 Å². The van der Waals surface area contributed by atoms with Crippen LogP contribution in [-0.2, 0) is 32.2 Å². The van der Waals surface area contributed by atoms with Crippen molar-refractivity contribution in [3.8, 4) is 5.75 Å². The Kier molecular flexibility index (Phi) is 9.59. The number of aliphatic hydroxyl groups excluding tert-OH is 3. The highest BCUT2D eigenvalue weighted by atomic mass is 32.2. The average molecular weight is 663 g/mol. The Bertz CT molecular complexity index is 1360. The molecule has 1 amide bonds. The maximum Gasteiger partial charge on any atom is 0.247 e. The van der Waals surface area contributed by atoms with E-state index in [0.29, 0.717) is 16.9 Å². The largest absolute Gasteiger partial charge is 0.464 e. The predicted octanol–water partition coefficient (Wildman–Crippen LogP) is -0.701. The van der Waals surface area contributed by atoms with Crippen molar-refractivity contribution < 1.29 is 52.2 Å². The van der Waals surface area contributed by atoms with E-state index in [-0.39, 0.29) is 23.7 Å². The van der Waals surface area contributed by atoms with Crippen molar-refractivity contribution in [2.24, 2.45) is 5.41 Å². The lowest BCUT2D eigenvalue weighted by atomic mass is 9.83. The molecule has 0 bridgehead atoms. The zero-order valence-electron chi connectivity index (χ0n) is 30.8. The van der Waals surface area contributed by atoms with Gasteiger partial charge in [-0.15, -0.1) is 0 Å². The first-order valence-electron chi connectivity index (χ1n) is 17.1. The number of hydrogen-bond donors (Lipinski definition) is 4. The molecule has 2 saturated heterocycles. The highest BCUT2D eigenvalue weighted by Crippen LogP contribution is 2.43. The van der Waals surface area contributed by atoms with Crippen LogP contribution in [-0.4, -0.2) is 131 Å². The minimum atomic E-state index is -1.18. The molecule has 44 heavy (non-hydrogen) atoms. The third kappa shape index (κ3) is 7.51. The van der Waals surface area contributed by atoms with Crippen LogP contribution in [0.2, 0.25) is 0 Å². The summed E-state index contributed by atoms with van der Waals surface area (Å²) in [6.45, 7) is 6.10. The van der Waals surface area contributed by atoms with Crippen molar-refractivity contribution in [3.05, 3.63) is 34.9 Å². The summed E-state index contributed by atoms with van der Waals surface area (Å²) in [7, 11) is -2.29. The maximum atomic E-state index is 13.5. The first-order chi connectivity index (χ1) is 23.7. The second-order valence-electron chi connectivity index (χ2n) is 11.3. The molecule has 1 aromatic carbocycles. The fraction of sp³-hybridized carbons (Fsp3) is 0.643. The molecule has 9 atom stereocenters. The Balaban J connectivity index is 1.48. The number of benzene rings is 1. The van der Waals surface area contributed by atoms with Crippen molar-refractivity contribution in [1.29, 1.82) is 8.21 Å². The Hall–Kier alpha value is -1.59. The number of rotatable bonds is 17. The molecular formula is C28H41B2NO11S2. The predicted molar refractivity (Wildman–Crippen MR) is 170 cm³/mol. The van der Waals surface area contributed by atoms with Crippen LogP contribution in [0.25, 0.3) is 6.08 Å². The van der Waals surface area contributed by atoms with E-state index in [0.717, 1.165) is 24.1 Å². The van der Waals surface area contributed by atoms with Gasteiger partial charge in [0.2, 0.25) is 15.1 Å². The monoisotopic (exact) mass is 663 g/mol. The van der Waals surface area contributed by atoms with E-state index in [1.807, 2.05) is 0 Å². The number of ether oxygens (including phenoxy) is 4. The van der Waals surface area contributed by atoms with Crippen molar-refractivity contribution in [2.75, 3.05) is 24.7 Å². The highest BCUT2D eigenvalue weighted by Gasteiger charge is 2.56. The molecule has 4 N–H and O–H groups in total. The van der Waals surface area contributed by atoms with Crippen molar-refractivity contribution in [1.82, 2.24) is 5.32 Å². The van der Waals surface area contributed by atoms with Crippen molar-refractivity contribution >= 4 is 57.4 Å². The van der Waals surface area contributed by atoms with E-state index in [4.69, 9.17) is 45.7 Å². The van der Waals surface area contributed by atoms with Gasteiger partial charge in [-0.2, -0.15) is 0 Å². The van der Waals surface area contributed by atoms with Crippen LogP contribution in [0.15, 0.2) is 23.8 Å². The van der Waals surface area contributed by atoms with Gasteiger partial charge in [0.1, 0.15) is 71.3 Å². The van der Waals surface area contributed by atoms with Crippen LogP contribution in [0.3, 0.4) is 0 Å². The summed E-state index contributed by atoms with van der Waals surface area (Å²) >= 11 is 1.74.